The van der Waals surface area contributed by atoms with Gasteiger partial charge in [0.15, 0.2) is 5.82 Å². The minimum absolute atomic E-state index is 0.206. The summed E-state index contributed by atoms with van der Waals surface area (Å²) in [6.45, 7) is 3.57. The Balaban J connectivity index is 1.81. The van der Waals surface area contributed by atoms with E-state index in [1.54, 1.807) is 43.3 Å². The molecule has 1 aliphatic rings. The van der Waals surface area contributed by atoms with Crippen LogP contribution in [0.1, 0.15) is 47.8 Å². The average molecular weight is 401 g/mol. The van der Waals surface area contributed by atoms with Crippen molar-refractivity contribution in [3.8, 4) is 0 Å². The molecule has 0 N–H and O–H groups in total. The van der Waals surface area contributed by atoms with Gasteiger partial charge in [0.1, 0.15) is 5.82 Å². The van der Waals surface area contributed by atoms with Gasteiger partial charge in [-0.25, -0.2) is 12.8 Å². The lowest BCUT2D eigenvalue weighted by Gasteiger charge is -2.28. The summed E-state index contributed by atoms with van der Waals surface area (Å²) in [6, 6.07) is 11.7. The zero-order chi connectivity index (χ0) is 19.9. The zero-order valence-corrected chi connectivity index (χ0v) is 16.4. The molecule has 1 saturated heterocycles. The van der Waals surface area contributed by atoms with Crippen LogP contribution in [0.3, 0.4) is 0 Å². The third-order valence-corrected chi connectivity index (χ3v) is 6.95. The second-order valence-corrected chi connectivity index (χ2v) is 8.82. The van der Waals surface area contributed by atoms with E-state index >= 15 is 0 Å². The first-order chi connectivity index (χ1) is 13.4. The molecular weight excluding hydrogens is 381 g/mol. The number of rotatable bonds is 4. The third kappa shape index (κ3) is 3.33. The summed E-state index contributed by atoms with van der Waals surface area (Å²) in [6.07, 6.45) is 1.13. The molecule has 1 fully saturated rings. The van der Waals surface area contributed by atoms with Gasteiger partial charge < -0.3 is 4.52 Å². The van der Waals surface area contributed by atoms with Crippen LogP contribution in [0.2, 0.25) is 0 Å². The van der Waals surface area contributed by atoms with Gasteiger partial charge in [0.05, 0.1) is 17.0 Å². The van der Waals surface area contributed by atoms with Crippen LogP contribution in [0, 0.1) is 19.7 Å². The van der Waals surface area contributed by atoms with Crippen molar-refractivity contribution in [2.24, 2.45) is 0 Å². The maximum atomic E-state index is 13.6. The molecular formula is C20H20FN3O3S. The van der Waals surface area contributed by atoms with Gasteiger partial charge >= 0.3 is 0 Å². The Hall–Kier alpha value is -2.58. The first-order valence-corrected chi connectivity index (χ1v) is 10.5. The number of halogens is 1. The van der Waals surface area contributed by atoms with Gasteiger partial charge in [-0.3, -0.25) is 0 Å². The molecule has 0 aliphatic carbocycles. The Morgan fingerprint density at radius 2 is 1.64 bits per heavy atom. The minimum atomic E-state index is -3.83. The fourth-order valence-corrected chi connectivity index (χ4v) is 5.47. The summed E-state index contributed by atoms with van der Waals surface area (Å²) in [4.78, 5) is 4.47. The highest BCUT2D eigenvalue weighted by Crippen LogP contribution is 2.46. The first-order valence-electron chi connectivity index (χ1n) is 9.02. The van der Waals surface area contributed by atoms with Gasteiger partial charge in [0, 0.05) is 6.92 Å². The predicted octanol–water partition coefficient (Wildman–Crippen LogP) is 4.09. The highest BCUT2D eigenvalue weighted by molar-refractivity contribution is 7.89. The van der Waals surface area contributed by atoms with Crippen molar-refractivity contribution < 1.29 is 17.3 Å². The maximum Gasteiger partial charge on any atom is 0.244 e. The van der Waals surface area contributed by atoms with E-state index in [9.17, 15) is 12.8 Å². The lowest BCUT2D eigenvalue weighted by atomic mass is 10.1. The second kappa shape index (κ2) is 7.10. The fourth-order valence-electron chi connectivity index (χ4n) is 3.65. The van der Waals surface area contributed by atoms with Crippen LogP contribution in [0.4, 0.5) is 4.39 Å². The highest BCUT2D eigenvalue weighted by Gasteiger charge is 2.45. The summed E-state index contributed by atoms with van der Waals surface area (Å²) in [5, 5.41) is 3.96. The van der Waals surface area contributed by atoms with E-state index in [1.165, 1.54) is 16.4 Å². The SMILES string of the molecule is Cc1ccc(S(=O)(=O)N2C(c3ccc(F)cc3)CCC2c2noc(C)n2)cc1. The molecule has 3 aromatic rings. The fraction of sp³-hybridized carbons (Fsp3) is 0.300. The van der Waals surface area contributed by atoms with E-state index in [1.807, 2.05) is 6.92 Å². The van der Waals surface area contributed by atoms with Gasteiger partial charge in [0.2, 0.25) is 15.9 Å². The quantitative estimate of drug-likeness (QED) is 0.658. The van der Waals surface area contributed by atoms with E-state index in [0.717, 1.165) is 11.1 Å². The van der Waals surface area contributed by atoms with Gasteiger partial charge in [-0.1, -0.05) is 35.0 Å². The largest absolute Gasteiger partial charge is 0.340 e. The van der Waals surface area contributed by atoms with Gasteiger partial charge in [-0.2, -0.15) is 9.29 Å². The molecule has 2 unspecified atom stereocenters. The van der Waals surface area contributed by atoms with Crippen LogP contribution in [-0.2, 0) is 10.0 Å². The molecule has 2 aromatic carbocycles. The van der Waals surface area contributed by atoms with E-state index in [2.05, 4.69) is 10.1 Å². The first kappa shape index (κ1) is 18.8. The molecule has 4 rings (SSSR count). The van der Waals surface area contributed by atoms with Crippen molar-refractivity contribution in [3.63, 3.8) is 0 Å². The van der Waals surface area contributed by atoms with Crippen LogP contribution in [-0.4, -0.2) is 22.9 Å². The molecule has 28 heavy (non-hydrogen) atoms. The summed E-state index contributed by atoms with van der Waals surface area (Å²) in [5.74, 6) is 0.366. The molecule has 0 amide bonds. The average Bonchev–Trinajstić information content (AvgIpc) is 3.29. The summed E-state index contributed by atoms with van der Waals surface area (Å²) in [5.41, 5.74) is 1.71. The molecule has 2 heterocycles. The topological polar surface area (TPSA) is 76.3 Å². The number of sulfonamides is 1. The molecule has 0 spiro atoms. The number of nitrogens with zero attached hydrogens (tertiary/aromatic N) is 3. The van der Waals surface area contributed by atoms with Gasteiger partial charge in [-0.15, -0.1) is 0 Å². The van der Waals surface area contributed by atoms with Crippen LogP contribution in [0.15, 0.2) is 57.9 Å². The molecule has 0 radical (unpaired) electrons. The molecule has 146 valence electrons. The van der Waals surface area contributed by atoms with Crippen LogP contribution in [0.25, 0.3) is 0 Å². The second-order valence-electron chi connectivity index (χ2n) is 6.98. The van der Waals surface area contributed by atoms with Crippen molar-refractivity contribution in [2.75, 3.05) is 0 Å². The number of aromatic nitrogens is 2. The molecule has 2 atom stereocenters. The monoisotopic (exact) mass is 401 g/mol. The molecule has 8 heteroatoms. The highest BCUT2D eigenvalue weighted by atomic mass is 32.2. The van der Waals surface area contributed by atoms with Crippen molar-refractivity contribution in [2.45, 2.75) is 43.7 Å². The van der Waals surface area contributed by atoms with E-state index in [4.69, 9.17) is 4.52 Å². The van der Waals surface area contributed by atoms with Crippen molar-refractivity contribution in [1.29, 1.82) is 0 Å². The van der Waals surface area contributed by atoms with Crippen LogP contribution in [0.5, 0.6) is 0 Å². The maximum absolute atomic E-state index is 13.6. The number of hydrogen-bond donors (Lipinski definition) is 0. The van der Waals surface area contributed by atoms with Crippen molar-refractivity contribution >= 4 is 10.0 Å². The van der Waals surface area contributed by atoms with E-state index in [0.29, 0.717) is 24.6 Å². The normalized spacial score (nSPS) is 20.5. The van der Waals surface area contributed by atoms with Gasteiger partial charge in [-0.05, 0) is 49.6 Å². The lowest BCUT2D eigenvalue weighted by Crippen LogP contribution is -2.33. The predicted molar refractivity (Wildman–Crippen MR) is 100 cm³/mol. The summed E-state index contributed by atoms with van der Waals surface area (Å²) < 4.78 is 47.0. The van der Waals surface area contributed by atoms with Crippen molar-refractivity contribution in [3.05, 3.63) is 77.2 Å². The van der Waals surface area contributed by atoms with E-state index < -0.39 is 22.1 Å². The van der Waals surface area contributed by atoms with Gasteiger partial charge in [0.25, 0.3) is 0 Å². The Labute approximate surface area is 163 Å². The molecule has 0 bridgehead atoms. The Morgan fingerprint density at radius 1 is 1.00 bits per heavy atom. The molecule has 1 aliphatic heterocycles. The summed E-state index contributed by atoms with van der Waals surface area (Å²) in [7, 11) is -3.83. The lowest BCUT2D eigenvalue weighted by molar-refractivity contribution is 0.308. The zero-order valence-electron chi connectivity index (χ0n) is 15.5. The van der Waals surface area contributed by atoms with Crippen LogP contribution >= 0.6 is 0 Å². The van der Waals surface area contributed by atoms with Crippen LogP contribution < -0.4 is 0 Å². The standard InChI is InChI=1S/C20H20FN3O3S/c1-13-3-9-17(10-4-13)28(25,26)24-18(15-5-7-16(21)8-6-15)11-12-19(24)20-22-14(2)27-23-20/h3-10,18-19H,11-12H2,1-2H3. The smallest absolute Gasteiger partial charge is 0.244 e. The molecule has 6 nitrogen and oxygen atoms in total. The number of benzene rings is 2. The minimum Gasteiger partial charge on any atom is -0.340 e. The molecule has 1 aromatic heterocycles. The number of aryl methyl sites for hydroxylation is 2. The van der Waals surface area contributed by atoms with E-state index in [-0.39, 0.29) is 10.7 Å². The summed E-state index contributed by atoms with van der Waals surface area (Å²) >= 11 is 0. The third-order valence-electron chi connectivity index (χ3n) is 5.02. The Morgan fingerprint density at radius 3 is 2.25 bits per heavy atom. The molecule has 0 saturated carbocycles. The Kier molecular flexibility index (Phi) is 4.76. The Bertz CT molecular complexity index is 1080. The van der Waals surface area contributed by atoms with Crippen molar-refractivity contribution in [1.82, 2.24) is 14.4 Å². The number of hydrogen-bond acceptors (Lipinski definition) is 5.